The number of halogens is 2. The molecule has 2 aromatic rings. The molecule has 0 saturated heterocycles. The first-order valence-corrected chi connectivity index (χ1v) is 4.25. The van der Waals surface area contributed by atoms with Crippen molar-refractivity contribution < 1.29 is 0 Å². The molecule has 6 nitrogen and oxygen atoms in total. The SMILES string of the molecule is C=NC(=N)N(N)c1cc2ccncc2[nH]1.Cl.Cl. The fraction of sp³-hybridized carbons (Fsp3) is 0. The molecule has 0 amide bonds. The minimum absolute atomic E-state index is 0. The lowest BCUT2D eigenvalue weighted by Crippen LogP contribution is -2.35. The van der Waals surface area contributed by atoms with Crippen molar-refractivity contribution in [1.82, 2.24) is 9.97 Å². The molecule has 0 aliphatic heterocycles. The van der Waals surface area contributed by atoms with Crippen LogP contribution in [0.15, 0.2) is 29.5 Å². The standard InChI is InChI=1S/C9H10N6.2ClH/c1-12-9(10)15(11)8-4-6-2-3-13-5-7(6)14-8;;/h2-5,10,14H,1,11H2;2*1H. The zero-order chi connectivity index (χ0) is 10.8. The first kappa shape index (κ1) is 15.4. The third-order valence-electron chi connectivity index (χ3n) is 2.05. The van der Waals surface area contributed by atoms with Crippen LogP contribution in [0.25, 0.3) is 10.9 Å². The summed E-state index contributed by atoms with van der Waals surface area (Å²) in [7, 11) is 0. The van der Waals surface area contributed by atoms with Crippen LogP contribution in [0.1, 0.15) is 0 Å². The Morgan fingerprint density at radius 2 is 2.24 bits per heavy atom. The highest BCUT2D eigenvalue weighted by molar-refractivity contribution is 5.97. The van der Waals surface area contributed by atoms with Gasteiger partial charge in [0, 0.05) is 11.6 Å². The summed E-state index contributed by atoms with van der Waals surface area (Å²) in [6.07, 6.45) is 3.38. The van der Waals surface area contributed by atoms with E-state index in [9.17, 15) is 0 Å². The molecular formula is C9H12Cl2N6. The molecule has 0 spiro atoms. The molecule has 2 heterocycles. The molecule has 17 heavy (non-hydrogen) atoms. The van der Waals surface area contributed by atoms with Crippen LogP contribution < -0.4 is 10.9 Å². The largest absolute Gasteiger partial charge is 0.339 e. The molecule has 0 fully saturated rings. The van der Waals surface area contributed by atoms with Crippen molar-refractivity contribution >= 4 is 54.2 Å². The Bertz CT molecular complexity index is 490. The predicted octanol–water partition coefficient (Wildman–Crippen LogP) is 1.72. The van der Waals surface area contributed by atoms with E-state index in [2.05, 4.69) is 21.7 Å². The third-order valence-corrected chi connectivity index (χ3v) is 2.05. The number of guanidine groups is 1. The maximum Gasteiger partial charge on any atom is 0.237 e. The number of H-pyrrole nitrogens is 1. The van der Waals surface area contributed by atoms with Gasteiger partial charge in [0.15, 0.2) is 0 Å². The summed E-state index contributed by atoms with van der Waals surface area (Å²) in [6.45, 7) is 3.24. The molecule has 0 atom stereocenters. The number of nitrogens with two attached hydrogens (primary N) is 1. The van der Waals surface area contributed by atoms with Crippen molar-refractivity contribution in [3.63, 3.8) is 0 Å². The molecule has 0 radical (unpaired) electrons. The summed E-state index contributed by atoms with van der Waals surface area (Å²) in [5.41, 5.74) is 0.861. The Kier molecular flexibility index (Phi) is 5.60. The van der Waals surface area contributed by atoms with Gasteiger partial charge in [0.25, 0.3) is 0 Å². The Balaban J connectivity index is 0.00000128. The second-order valence-electron chi connectivity index (χ2n) is 2.97. The van der Waals surface area contributed by atoms with Crippen LogP contribution in [-0.2, 0) is 0 Å². The highest BCUT2D eigenvalue weighted by atomic mass is 35.5. The van der Waals surface area contributed by atoms with Gasteiger partial charge in [0.05, 0.1) is 11.7 Å². The van der Waals surface area contributed by atoms with E-state index in [-0.39, 0.29) is 30.8 Å². The number of hydrazine groups is 1. The number of fused-ring (bicyclic) bond motifs is 1. The Morgan fingerprint density at radius 3 is 2.82 bits per heavy atom. The molecule has 0 saturated carbocycles. The smallest absolute Gasteiger partial charge is 0.237 e. The molecule has 2 rings (SSSR count). The lowest BCUT2D eigenvalue weighted by molar-refractivity contribution is 1.06. The van der Waals surface area contributed by atoms with Gasteiger partial charge < -0.3 is 4.98 Å². The average molecular weight is 275 g/mol. The zero-order valence-electron chi connectivity index (χ0n) is 8.75. The van der Waals surface area contributed by atoms with Gasteiger partial charge in [-0.1, -0.05) is 0 Å². The molecule has 0 unspecified atom stereocenters. The number of aromatic amines is 1. The molecule has 92 valence electrons. The highest BCUT2D eigenvalue weighted by Gasteiger charge is 2.08. The summed E-state index contributed by atoms with van der Waals surface area (Å²) in [5, 5.41) is 9.49. The van der Waals surface area contributed by atoms with E-state index >= 15 is 0 Å². The van der Waals surface area contributed by atoms with Crippen LogP contribution in [0, 0.1) is 5.41 Å². The van der Waals surface area contributed by atoms with E-state index < -0.39 is 0 Å². The van der Waals surface area contributed by atoms with Crippen LogP contribution in [0.2, 0.25) is 0 Å². The highest BCUT2D eigenvalue weighted by Crippen LogP contribution is 2.18. The fourth-order valence-corrected chi connectivity index (χ4v) is 1.28. The van der Waals surface area contributed by atoms with Gasteiger partial charge in [-0.2, -0.15) is 0 Å². The maximum atomic E-state index is 7.39. The number of hydrogen-bond acceptors (Lipinski definition) is 3. The zero-order valence-corrected chi connectivity index (χ0v) is 10.4. The predicted molar refractivity (Wildman–Crippen MR) is 74.5 cm³/mol. The topological polar surface area (TPSA) is 94.2 Å². The van der Waals surface area contributed by atoms with E-state index in [1.165, 1.54) is 0 Å². The molecular weight excluding hydrogens is 263 g/mol. The number of rotatable bonds is 1. The number of nitrogens with one attached hydrogen (secondary N) is 2. The normalized spacial score (nSPS) is 9.00. The fourth-order valence-electron chi connectivity index (χ4n) is 1.28. The van der Waals surface area contributed by atoms with Gasteiger partial charge >= 0.3 is 0 Å². The van der Waals surface area contributed by atoms with E-state index in [1.54, 1.807) is 12.4 Å². The minimum atomic E-state index is -0.116. The molecule has 4 N–H and O–H groups in total. The molecule has 0 aliphatic carbocycles. The van der Waals surface area contributed by atoms with Crippen molar-refractivity contribution in [2.24, 2.45) is 10.8 Å². The summed E-state index contributed by atoms with van der Waals surface area (Å²) in [5.74, 6) is 6.10. The molecule has 0 bridgehead atoms. The van der Waals surface area contributed by atoms with Gasteiger partial charge in [-0.3, -0.25) is 10.4 Å². The van der Waals surface area contributed by atoms with Crippen molar-refractivity contribution in [2.75, 3.05) is 5.01 Å². The number of pyridine rings is 1. The number of nitrogens with zero attached hydrogens (tertiary/aromatic N) is 3. The summed E-state index contributed by atoms with van der Waals surface area (Å²) in [4.78, 5) is 10.4. The Morgan fingerprint density at radius 1 is 1.53 bits per heavy atom. The third kappa shape index (κ3) is 2.94. The quantitative estimate of drug-likeness (QED) is 0.320. The number of aliphatic imine (C=N–C) groups is 1. The van der Waals surface area contributed by atoms with Crippen LogP contribution in [0.4, 0.5) is 5.82 Å². The lowest BCUT2D eigenvalue weighted by atomic mass is 10.3. The monoisotopic (exact) mass is 274 g/mol. The van der Waals surface area contributed by atoms with E-state index in [0.29, 0.717) is 5.82 Å². The minimum Gasteiger partial charge on any atom is -0.339 e. The lowest BCUT2D eigenvalue weighted by Gasteiger charge is -2.12. The number of aromatic nitrogens is 2. The molecule has 8 heteroatoms. The number of hydrogen-bond donors (Lipinski definition) is 3. The molecule has 2 aromatic heterocycles. The first-order chi connectivity index (χ1) is 7.22. The first-order valence-electron chi connectivity index (χ1n) is 4.25. The van der Waals surface area contributed by atoms with Crippen LogP contribution >= 0.6 is 24.8 Å². The second-order valence-corrected chi connectivity index (χ2v) is 2.97. The van der Waals surface area contributed by atoms with E-state index in [4.69, 9.17) is 11.3 Å². The maximum absolute atomic E-state index is 7.39. The van der Waals surface area contributed by atoms with Gasteiger partial charge in [0.1, 0.15) is 5.82 Å². The average Bonchev–Trinajstić information content (AvgIpc) is 2.70. The Hall–Kier alpha value is -1.63. The van der Waals surface area contributed by atoms with Gasteiger partial charge in [-0.25, -0.2) is 15.8 Å². The van der Waals surface area contributed by atoms with E-state index in [1.807, 2.05) is 12.1 Å². The Labute approximate surface area is 110 Å². The van der Waals surface area contributed by atoms with Crippen molar-refractivity contribution in [2.45, 2.75) is 0 Å². The summed E-state index contributed by atoms with van der Waals surface area (Å²) >= 11 is 0. The van der Waals surface area contributed by atoms with Gasteiger partial charge in [-0.15, -0.1) is 24.8 Å². The summed E-state index contributed by atoms with van der Waals surface area (Å²) in [6, 6.07) is 3.67. The van der Waals surface area contributed by atoms with Gasteiger partial charge in [0.2, 0.25) is 5.96 Å². The molecule has 0 aliphatic rings. The van der Waals surface area contributed by atoms with E-state index in [0.717, 1.165) is 15.9 Å². The molecule has 0 aromatic carbocycles. The second kappa shape index (κ2) is 6.19. The van der Waals surface area contributed by atoms with Crippen molar-refractivity contribution in [3.8, 4) is 0 Å². The summed E-state index contributed by atoms with van der Waals surface area (Å²) < 4.78 is 0. The van der Waals surface area contributed by atoms with Crippen LogP contribution in [0.5, 0.6) is 0 Å². The number of anilines is 1. The van der Waals surface area contributed by atoms with Crippen molar-refractivity contribution in [1.29, 1.82) is 5.41 Å². The van der Waals surface area contributed by atoms with Crippen LogP contribution in [-0.4, -0.2) is 22.6 Å². The van der Waals surface area contributed by atoms with Gasteiger partial charge in [-0.05, 0) is 18.9 Å². The van der Waals surface area contributed by atoms with Crippen LogP contribution in [0.3, 0.4) is 0 Å². The van der Waals surface area contributed by atoms with Crippen molar-refractivity contribution in [3.05, 3.63) is 24.5 Å².